The first-order valence-electron chi connectivity index (χ1n) is 20.9. The fraction of sp³-hybridized carbons (Fsp3) is 0. The summed E-state index contributed by atoms with van der Waals surface area (Å²) in [4.78, 5) is 2.49. The van der Waals surface area contributed by atoms with Crippen molar-refractivity contribution >= 4 is 81.1 Å². The minimum absolute atomic E-state index is 1.10. The summed E-state index contributed by atoms with van der Waals surface area (Å²) >= 11 is 1.87. The topological polar surface area (TPSA) is 8.17 Å². The molecule has 0 saturated heterocycles. The Morgan fingerprint density at radius 1 is 0.361 bits per heavy atom. The third-order valence-electron chi connectivity index (χ3n) is 12.2. The van der Waals surface area contributed by atoms with E-state index in [1.807, 2.05) is 11.3 Å². The molecule has 0 aliphatic heterocycles. The second-order valence-corrected chi connectivity index (χ2v) is 16.7. The zero-order valence-electron chi connectivity index (χ0n) is 33.2. The van der Waals surface area contributed by atoms with E-state index in [-0.39, 0.29) is 0 Å². The average Bonchev–Trinajstić information content (AvgIpc) is 3.89. The smallest absolute Gasteiger partial charge is 0.0640 e. The van der Waals surface area contributed by atoms with E-state index in [1.54, 1.807) is 0 Å². The van der Waals surface area contributed by atoms with Crippen molar-refractivity contribution in [3.05, 3.63) is 231 Å². The van der Waals surface area contributed by atoms with Crippen molar-refractivity contribution in [2.75, 3.05) is 4.90 Å². The van der Waals surface area contributed by atoms with Gasteiger partial charge in [-0.3, -0.25) is 0 Å². The zero-order chi connectivity index (χ0) is 40.3. The van der Waals surface area contributed by atoms with Crippen molar-refractivity contribution in [1.82, 2.24) is 4.57 Å². The van der Waals surface area contributed by atoms with E-state index < -0.39 is 0 Å². The molecular weight excluding hydrogens is 757 g/mol. The molecule has 0 aliphatic rings. The maximum atomic E-state index is 2.49. The highest BCUT2D eigenvalue weighted by molar-refractivity contribution is 7.26. The van der Waals surface area contributed by atoms with Crippen molar-refractivity contribution in [2.24, 2.45) is 0 Å². The number of aromatic nitrogens is 1. The lowest BCUT2D eigenvalue weighted by Crippen LogP contribution is -2.11. The first kappa shape index (κ1) is 35.2. The summed E-state index contributed by atoms with van der Waals surface area (Å²) in [5, 5.41) is 7.53. The van der Waals surface area contributed by atoms with E-state index in [2.05, 4.69) is 240 Å². The van der Waals surface area contributed by atoms with E-state index in [4.69, 9.17) is 0 Å². The Bertz CT molecular complexity index is 3580. The van der Waals surface area contributed by atoms with Crippen LogP contribution in [0.25, 0.3) is 91.8 Å². The fourth-order valence-corrected chi connectivity index (χ4v) is 10.7. The molecule has 12 aromatic rings. The first-order chi connectivity index (χ1) is 30.3. The number of benzene rings is 10. The van der Waals surface area contributed by atoms with Gasteiger partial charge < -0.3 is 9.47 Å². The molecule has 0 spiro atoms. The van der Waals surface area contributed by atoms with Crippen LogP contribution in [0, 0.1) is 0 Å². The third-order valence-corrected chi connectivity index (χ3v) is 13.4. The molecule has 3 heteroatoms. The van der Waals surface area contributed by atoms with Gasteiger partial charge in [-0.25, -0.2) is 0 Å². The largest absolute Gasteiger partial charge is 0.309 e. The molecule has 0 fully saturated rings. The summed E-state index contributed by atoms with van der Waals surface area (Å²) in [7, 11) is 0. The van der Waals surface area contributed by atoms with Gasteiger partial charge >= 0.3 is 0 Å². The van der Waals surface area contributed by atoms with Crippen LogP contribution in [0.4, 0.5) is 17.1 Å². The van der Waals surface area contributed by atoms with Crippen LogP contribution >= 0.6 is 11.3 Å². The lowest BCUT2D eigenvalue weighted by Gasteiger charge is -2.29. The number of fused-ring (bicyclic) bond motifs is 7. The highest BCUT2D eigenvalue weighted by Crippen LogP contribution is 2.49. The molecular formula is C58H38N2S. The van der Waals surface area contributed by atoms with Crippen LogP contribution in [0.1, 0.15) is 0 Å². The number of para-hydroxylation sites is 4. The number of hydrogen-bond donors (Lipinski definition) is 0. The SMILES string of the molecule is c1ccc(-c2cccc3cccc(-c4ccccc4N(c4ccc(-c5cccc6c7ccccc7n(-c7ccccc7)c56)cc4)c4cccc5c4sc4ccccc45)c23)cc1. The molecule has 0 saturated carbocycles. The quantitative estimate of drug-likeness (QED) is 0.156. The van der Waals surface area contributed by atoms with E-state index >= 15 is 0 Å². The minimum atomic E-state index is 1.10. The zero-order valence-corrected chi connectivity index (χ0v) is 34.1. The minimum Gasteiger partial charge on any atom is -0.309 e. The Hall–Kier alpha value is -7.72. The molecule has 10 aromatic carbocycles. The second-order valence-electron chi connectivity index (χ2n) is 15.6. The molecule has 0 unspecified atom stereocenters. The summed E-state index contributed by atoms with van der Waals surface area (Å²) in [6, 6.07) is 84.1. The standard InChI is InChI=1S/C58H38N2S/c1-3-17-39(18-4-1)44-26-13-19-41-20-14-28-49(56(41)44)46-23-7-10-31-52(46)59(54-33-16-30-51-48-25-9-12-34-55(48)61-58(51)54)43-37-35-40(36-38-43)45-27-15-29-50-47-24-8-11-32-53(47)60(57(45)50)42-21-5-2-6-22-42/h1-38H. The highest BCUT2D eigenvalue weighted by Gasteiger charge is 2.23. The molecule has 12 rings (SSSR count). The van der Waals surface area contributed by atoms with Crippen LogP contribution in [0.2, 0.25) is 0 Å². The molecule has 286 valence electrons. The summed E-state index contributed by atoms with van der Waals surface area (Å²) in [6.45, 7) is 0. The van der Waals surface area contributed by atoms with Crippen molar-refractivity contribution in [3.63, 3.8) is 0 Å². The Balaban J connectivity index is 1.09. The lowest BCUT2D eigenvalue weighted by molar-refractivity contribution is 1.18. The predicted octanol–water partition coefficient (Wildman–Crippen LogP) is 16.8. The van der Waals surface area contributed by atoms with E-state index in [0.717, 1.165) is 22.7 Å². The van der Waals surface area contributed by atoms with Gasteiger partial charge in [0.25, 0.3) is 0 Å². The van der Waals surface area contributed by atoms with Gasteiger partial charge in [-0.2, -0.15) is 0 Å². The second kappa shape index (κ2) is 14.5. The molecule has 61 heavy (non-hydrogen) atoms. The van der Waals surface area contributed by atoms with Gasteiger partial charge in [0, 0.05) is 48.7 Å². The van der Waals surface area contributed by atoms with E-state index in [1.165, 1.54) is 86.1 Å². The lowest BCUT2D eigenvalue weighted by atomic mass is 9.90. The molecule has 2 heterocycles. The average molecular weight is 795 g/mol. The summed E-state index contributed by atoms with van der Waals surface area (Å²) in [6.07, 6.45) is 0. The van der Waals surface area contributed by atoms with Gasteiger partial charge in [-0.15, -0.1) is 11.3 Å². The number of anilines is 3. The summed E-state index contributed by atoms with van der Waals surface area (Å²) < 4.78 is 4.98. The Kier molecular flexibility index (Phi) is 8.39. The Morgan fingerprint density at radius 2 is 0.934 bits per heavy atom. The van der Waals surface area contributed by atoms with Crippen LogP contribution in [0.3, 0.4) is 0 Å². The van der Waals surface area contributed by atoms with Gasteiger partial charge in [-0.1, -0.05) is 182 Å². The number of nitrogens with zero attached hydrogens (tertiary/aromatic N) is 2. The number of rotatable bonds is 7. The molecule has 0 atom stereocenters. The van der Waals surface area contributed by atoms with Crippen molar-refractivity contribution in [3.8, 4) is 39.1 Å². The van der Waals surface area contributed by atoms with Crippen LogP contribution in [-0.2, 0) is 0 Å². The molecule has 0 aliphatic carbocycles. The molecule has 0 N–H and O–H groups in total. The normalized spacial score (nSPS) is 11.6. The maximum Gasteiger partial charge on any atom is 0.0640 e. The molecule has 2 aromatic heterocycles. The fourth-order valence-electron chi connectivity index (χ4n) is 9.52. The van der Waals surface area contributed by atoms with Crippen molar-refractivity contribution < 1.29 is 0 Å². The summed E-state index contributed by atoms with van der Waals surface area (Å²) in [5.41, 5.74) is 14.2. The Morgan fingerprint density at radius 3 is 1.77 bits per heavy atom. The predicted molar refractivity (Wildman–Crippen MR) is 262 cm³/mol. The van der Waals surface area contributed by atoms with E-state index in [0.29, 0.717) is 0 Å². The summed E-state index contributed by atoms with van der Waals surface area (Å²) in [5.74, 6) is 0. The van der Waals surface area contributed by atoms with Gasteiger partial charge in [0.15, 0.2) is 0 Å². The van der Waals surface area contributed by atoms with Crippen LogP contribution in [-0.4, -0.2) is 4.57 Å². The maximum absolute atomic E-state index is 2.49. The molecule has 0 radical (unpaired) electrons. The van der Waals surface area contributed by atoms with Crippen molar-refractivity contribution in [2.45, 2.75) is 0 Å². The van der Waals surface area contributed by atoms with Gasteiger partial charge in [0.1, 0.15) is 0 Å². The third kappa shape index (κ3) is 5.78. The van der Waals surface area contributed by atoms with Gasteiger partial charge in [0.2, 0.25) is 0 Å². The molecule has 2 nitrogen and oxygen atoms in total. The van der Waals surface area contributed by atoms with Gasteiger partial charge in [0.05, 0.1) is 27.1 Å². The molecule has 0 bridgehead atoms. The van der Waals surface area contributed by atoms with Crippen LogP contribution < -0.4 is 4.90 Å². The van der Waals surface area contributed by atoms with Crippen molar-refractivity contribution in [1.29, 1.82) is 0 Å². The Labute approximate surface area is 358 Å². The van der Waals surface area contributed by atoms with E-state index in [9.17, 15) is 0 Å². The molecule has 0 amide bonds. The number of hydrogen-bond acceptors (Lipinski definition) is 2. The van der Waals surface area contributed by atoms with Crippen LogP contribution in [0.15, 0.2) is 231 Å². The van der Waals surface area contributed by atoms with Gasteiger partial charge in [-0.05, 0) is 81.6 Å². The monoisotopic (exact) mass is 794 g/mol. The van der Waals surface area contributed by atoms with Crippen LogP contribution in [0.5, 0.6) is 0 Å². The number of thiophene rings is 1. The highest BCUT2D eigenvalue weighted by atomic mass is 32.1. The first-order valence-corrected chi connectivity index (χ1v) is 21.7.